The Balaban J connectivity index is 1.57. The summed E-state index contributed by atoms with van der Waals surface area (Å²) in [5.74, 6) is 1.29. The Kier molecular flexibility index (Phi) is 5.53. The molecule has 148 valence electrons. The van der Waals surface area contributed by atoms with Crippen molar-refractivity contribution >= 4 is 5.91 Å². The summed E-state index contributed by atoms with van der Waals surface area (Å²) in [5.41, 5.74) is 1.92. The number of methoxy groups -OCH3 is 2. The second kappa shape index (κ2) is 8.23. The maximum atomic E-state index is 13.4. The van der Waals surface area contributed by atoms with E-state index >= 15 is 0 Å². The summed E-state index contributed by atoms with van der Waals surface area (Å²) in [6.45, 7) is 2.66. The molecule has 1 aliphatic carbocycles. The highest BCUT2D eigenvalue weighted by Crippen LogP contribution is 2.31. The average molecular weight is 380 g/mol. The van der Waals surface area contributed by atoms with Gasteiger partial charge in [0.1, 0.15) is 0 Å². The predicted molar refractivity (Wildman–Crippen MR) is 109 cm³/mol. The minimum Gasteiger partial charge on any atom is -0.493 e. The van der Waals surface area contributed by atoms with Crippen LogP contribution < -0.4 is 9.47 Å². The van der Waals surface area contributed by atoms with Crippen molar-refractivity contribution in [2.75, 3.05) is 33.9 Å². The molecular formula is C23H28N2O3. The third kappa shape index (κ3) is 3.99. The molecule has 0 N–H and O–H groups in total. The zero-order chi connectivity index (χ0) is 19.5. The van der Waals surface area contributed by atoms with E-state index in [9.17, 15) is 4.79 Å². The van der Waals surface area contributed by atoms with Gasteiger partial charge in [0, 0.05) is 37.3 Å². The molecule has 2 aromatic rings. The number of carbonyl (C=O) groups excluding carboxylic acids is 1. The van der Waals surface area contributed by atoms with Gasteiger partial charge in [-0.1, -0.05) is 30.3 Å². The van der Waals surface area contributed by atoms with Gasteiger partial charge in [0.25, 0.3) is 5.91 Å². The van der Waals surface area contributed by atoms with Crippen LogP contribution >= 0.6 is 0 Å². The maximum absolute atomic E-state index is 13.4. The smallest absolute Gasteiger partial charge is 0.254 e. The lowest BCUT2D eigenvalue weighted by atomic mass is 10.0. The molecule has 5 heteroatoms. The summed E-state index contributed by atoms with van der Waals surface area (Å²) in [6, 6.07) is 16.8. The van der Waals surface area contributed by atoms with Crippen LogP contribution in [0.2, 0.25) is 0 Å². The first-order valence-electron chi connectivity index (χ1n) is 10.0. The van der Waals surface area contributed by atoms with Crippen LogP contribution in [0.1, 0.15) is 28.8 Å². The van der Waals surface area contributed by atoms with Crippen molar-refractivity contribution in [3.8, 4) is 11.5 Å². The lowest BCUT2D eigenvalue weighted by molar-refractivity contribution is 0.0437. The van der Waals surface area contributed by atoms with Crippen molar-refractivity contribution < 1.29 is 14.3 Å². The van der Waals surface area contributed by atoms with Gasteiger partial charge < -0.3 is 14.4 Å². The Morgan fingerprint density at radius 1 is 1.00 bits per heavy atom. The molecule has 1 aliphatic heterocycles. The molecule has 1 heterocycles. The van der Waals surface area contributed by atoms with Crippen molar-refractivity contribution in [1.29, 1.82) is 0 Å². The van der Waals surface area contributed by atoms with Gasteiger partial charge in [-0.15, -0.1) is 0 Å². The van der Waals surface area contributed by atoms with E-state index in [-0.39, 0.29) is 11.9 Å². The van der Waals surface area contributed by atoms with E-state index in [1.165, 1.54) is 18.4 Å². The molecule has 1 unspecified atom stereocenters. The molecule has 1 saturated heterocycles. The molecule has 2 aliphatic rings. The third-order valence-electron chi connectivity index (χ3n) is 5.78. The number of piperazine rings is 1. The molecular weight excluding hydrogens is 352 g/mol. The highest BCUT2D eigenvalue weighted by molar-refractivity contribution is 5.95. The van der Waals surface area contributed by atoms with E-state index in [2.05, 4.69) is 29.2 Å². The molecule has 1 amide bonds. The predicted octanol–water partition coefficient (Wildman–Crippen LogP) is 3.24. The number of ether oxygens (including phenoxy) is 2. The summed E-state index contributed by atoms with van der Waals surface area (Å²) in [6.07, 6.45) is 3.46. The zero-order valence-corrected chi connectivity index (χ0v) is 16.6. The summed E-state index contributed by atoms with van der Waals surface area (Å²) in [7, 11) is 3.20. The molecule has 28 heavy (non-hydrogen) atoms. The minimum atomic E-state index is 0.0670. The fourth-order valence-electron chi connectivity index (χ4n) is 4.11. The fraction of sp³-hybridized carbons (Fsp3) is 0.435. The molecule has 0 bridgehead atoms. The highest BCUT2D eigenvalue weighted by Gasteiger charge is 2.37. The van der Waals surface area contributed by atoms with Gasteiger partial charge in [-0.2, -0.15) is 0 Å². The molecule has 2 fully saturated rings. The maximum Gasteiger partial charge on any atom is 0.254 e. The monoisotopic (exact) mass is 380 g/mol. The largest absolute Gasteiger partial charge is 0.493 e. The second-order valence-electron chi connectivity index (χ2n) is 7.64. The lowest BCUT2D eigenvalue weighted by Gasteiger charge is -2.42. The van der Waals surface area contributed by atoms with Gasteiger partial charge in [0.05, 0.1) is 14.2 Å². The molecule has 2 aromatic carbocycles. The van der Waals surface area contributed by atoms with Gasteiger partial charge >= 0.3 is 0 Å². The van der Waals surface area contributed by atoms with Crippen molar-refractivity contribution in [2.45, 2.75) is 31.3 Å². The van der Waals surface area contributed by atoms with Crippen LogP contribution in [0.15, 0.2) is 48.5 Å². The Bertz CT molecular complexity index is 820. The van der Waals surface area contributed by atoms with Gasteiger partial charge in [-0.3, -0.25) is 9.69 Å². The van der Waals surface area contributed by atoms with Gasteiger partial charge in [0.15, 0.2) is 11.5 Å². The fourth-order valence-corrected chi connectivity index (χ4v) is 4.11. The van der Waals surface area contributed by atoms with E-state index in [0.717, 1.165) is 32.1 Å². The second-order valence-corrected chi connectivity index (χ2v) is 7.64. The van der Waals surface area contributed by atoms with Crippen molar-refractivity contribution in [2.24, 2.45) is 0 Å². The number of benzene rings is 2. The van der Waals surface area contributed by atoms with Crippen LogP contribution in [-0.4, -0.2) is 61.6 Å². The first-order valence-corrected chi connectivity index (χ1v) is 10.0. The summed E-state index contributed by atoms with van der Waals surface area (Å²) < 4.78 is 10.7. The number of hydrogen-bond acceptors (Lipinski definition) is 4. The molecule has 0 radical (unpaired) electrons. The first kappa shape index (κ1) is 18.8. The number of amides is 1. The van der Waals surface area contributed by atoms with Crippen LogP contribution in [0.4, 0.5) is 0 Å². The van der Waals surface area contributed by atoms with Crippen LogP contribution in [0, 0.1) is 0 Å². The van der Waals surface area contributed by atoms with Crippen molar-refractivity contribution in [1.82, 2.24) is 9.80 Å². The Morgan fingerprint density at radius 3 is 2.43 bits per heavy atom. The van der Waals surface area contributed by atoms with Crippen LogP contribution in [0.25, 0.3) is 0 Å². The van der Waals surface area contributed by atoms with Crippen LogP contribution in [-0.2, 0) is 6.42 Å². The number of hydrogen-bond donors (Lipinski definition) is 0. The van der Waals surface area contributed by atoms with Gasteiger partial charge in [0.2, 0.25) is 0 Å². The van der Waals surface area contributed by atoms with E-state index in [4.69, 9.17) is 9.47 Å². The normalized spacial score (nSPS) is 20.1. The zero-order valence-electron chi connectivity index (χ0n) is 16.6. The topological polar surface area (TPSA) is 42.0 Å². The highest BCUT2D eigenvalue weighted by atomic mass is 16.5. The molecule has 5 nitrogen and oxygen atoms in total. The quantitative estimate of drug-likeness (QED) is 0.772. The van der Waals surface area contributed by atoms with Gasteiger partial charge in [-0.25, -0.2) is 0 Å². The number of nitrogens with zero attached hydrogens (tertiary/aromatic N) is 2. The SMILES string of the molecule is COc1ccc(C(=O)N2CCN(C3CC3)CC2Cc2ccccc2)cc1OC. The lowest BCUT2D eigenvalue weighted by Crippen LogP contribution is -2.56. The van der Waals surface area contributed by atoms with E-state index < -0.39 is 0 Å². The van der Waals surface area contributed by atoms with E-state index in [0.29, 0.717) is 17.1 Å². The summed E-state index contributed by atoms with van der Waals surface area (Å²) in [5, 5.41) is 0. The molecule has 0 aromatic heterocycles. The average Bonchev–Trinajstić information content (AvgIpc) is 3.59. The molecule has 1 saturated carbocycles. The standard InChI is InChI=1S/C23H28N2O3/c1-27-21-11-8-18(15-22(21)28-2)23(26)25-13-12-24(19-9-10-19)16-20(25)14-17-6-4-3-5-7-17/h3-8,11,15,19-20H,9-10,12-14,16H2,1-2H3. The summed E-state index contributed by atoms with van der Waals surface area (Å²) >= 11 is 0. The summed E-state index contributed by atoms with van der Waals surface area (Å²) in [4.78, 5) is 18.0. The van der Waals surface area contributed by atoms with Crippen LogP contribution in [0.5, 0.6) is 11.5 Å². The molecule has 4 rings (SSSR count). The Labute approximate surface area is 166 Å². The van der Waals surface area contributed by atoms with Crippen molar-refractivity contribution in [3.05, 3.63) is 59.7 Å². The molecule has 0 spiro atoms. The minimum absolute atomic E-state index is 0.0670. The third-order valence-corrected chi connectivity index (χ3v) is 5.78. The molecule has 1 atom stereocenters. The van der Waals surface area contributed by atoms with E-state index in [1.54, 1.807) is 26.4 Å². The van der Waals surface area contributed by atoms with Crippen molar-refractivity contribution in [3.63, 3.8) is 0 Å². The Morgan fingerprint density at radius 2 is 1.75 bits per heavy atom. The van der Waals surface area contributed by atoms with E-state index in [1.807, 2.05) is 17.0 Å². The first-order chi connectivity index (χ1) is 13.7. The van der Waals surface area contributed by atoms with Crippen LogP contribution in [0.3, 0.4) is 0 Å². The number of carbonyl (C=O) groups is 1. The number of rotatable bonds is 6. The Hall–Kier alpha value is -2.53. The van der Waals surface area contributed by atoms with Gasteiger partial charge in [-0.05, 0) is 43.0 Å².